The number of pyridine rings is 3. The molecular formula is C58H39BrN10. The summed E-state index contributed by atoms with van der Waals surface area (Å²) in [6.45, 7) is 0. The molecule has 0 amide bonds. The molecule has 1 aliphatic rings. The maximum Gasteiger partial charge on any atom is 0.156 e. The number of aromatic amines is 1. The highest BCUT2D eigenvalue weighted by Crippen LogP contribution is 2.39. The van der Waals surface area contributed by atoms with Crippen LogP contribution in [0.1, 0.15) is 11.1 Å². The molecule has 6 aromatic heterocycles. The number of nitrogens with zero attached hydrogens (tertiary/aromatic N) is 9. The first kappa shape index (κ1) is 41.5. The van der Waals surface area contributed by atoms with Gasteiger partial charge in [0.2, 0.25) is 0 Å². The van der Waals surface area contributed by atoms with Gasteiger partial charge in [-0.25, -0.2) is 15.0 Å². The molecule has 0 unspecified atom stereocenters. The summed E-state index contributed by atoms with van der Waals surface area (Å²) >= 11 is 3.35. The van der Waals surface area contributed by atoms with E-state index < -0.39 is 0 Å². The van der Waals surface area contributed by atoms with Gasteiger partial charge in [0.1, 0.15) is 27.0 Å². The first-order valence-electron chi connectivity index (χ1n) is 22.6. The van der Waals surface area contributed by atoms with Crippen LogP contribution in [0, 0.1) is 0 Å². The van der Waals surface area contributed by atoms with E-state index in [4.69, 9.17) is 15.1 Å². The van der Waals surface area contributed by atoms with Crippen LogP contribution in [0.15, 0.2) is 223 Å². The molecule has 13 aromatic rings. The third-order valence-electron chi connectivity index (χ3n) is 12.4. The minimum absolute atomic E-state index is 0.718. The van der Waals surface area contributed by atoms with Gasteiger partial charge in [-0.1, -0.05) is 163 Å². The number of hydrogen-bond acceptors (Lipinski definition) is 7. The van der Waals surface area contributed by atoms with E-state index in [0.717, 1.165) is 100 Å². The van der Waals surface area contributed by atoms with Gasteiger partial charge in [-0.05, 0) is 98.8 Å². The minimum atomic E-state index is 0.718. The number of nitrogens with one attached hydrogen (secondary N) is 1. The molecule has 0 radical (unpaired) electrons. The zero-order valence-corrected chi connectivity index (χ0v) is 38.5. The molecule has 1 N–H and O–H groups in total. The van der Waals surface area contributed by atoms with Gasteiger partial charge in [0.05, 0.1) is 33.6 Å². The van der Waals surface area contributed by atoms with E-state index in [0.29, 0.717) is 0 Å². The third kappa shape index (κ3) is 7.90. The largest absolute Gasteiger partial charge is 0.291 e. The Hall–Kier alpha value is -8.93. The van der Waals surface area contributed by atoms with E-state index in [-0.39, 0.29) is 0 Å². The normalized spacial score (nSPS) is 11.5. The Bertz CT molecular complexity index is 3960. The van der Waals surface area contributed by atoms with E-state index >= 15 is 0 Å². The molecule has 11 heteroatoms. The molecule has 69 heavy (non-hydrogen) atoms. The summed E-state index contributed by atoms with van der Waals surface area (Å²) in [5, 5.41) is 22.6. The lowest BCUT2D eigenvalue weighted by atomic mass is 10.1. The quantitative estimate of drug-likeness (QED) is 0.171. The van der Waals surface area contributed by atoms with Crippen molar-refractivity contribution in [3.05, 3.63) is 234 Å². The molecule has 10 nitrogen and oxygen atoms in total. The highest BCUT2D eigenvalue weighted by molar-refractivity contribution is 9.10. The molecule has 0 saturated heterocycles. The predicted molar refractivity (Wildman–Crippen MR) is 279 cm³/mol. The highest BCUT2D eigenvalue weighted by Gasteiger charge is 2.22. The van der Waals surface area contributed by atoms with E-state index in [9.17, 15) is 0 Å². The molecule has 6 heterocycles. The van der Waals surface area contributed by atoms with Crippen molar-refractivity contribution in [2.75, 3.05) is 0 Å². The zero-order valence-electron chi connectivity index (χ0n) is 36.9. The second-order valence-electron chi connectivity index (χ2n) is 16.5. The Morgan fingerprint density at radius 3 is 1.75 bits per heavy atom. The van der Waals surface area contributed by atoms with Crippen LogP contribution in [0.3, 0.4) is 0 Å². The van der Waals surface area contributed by atoms with Crippen LogP contribution in [0.5, 0.6) is 0 Å². The van der Waals surface area contributed by atoms with Gasteiger partial charge in [0.25, 0.3) is 0 Å². The molecule has 0 atom stereocenters. The number of benzene rings is 7. The molecule has 328 valence electrons. The van der Waals surface area contributed by atoms with Gasteiger partial charge in [0.15, 0.2) is 5.82 Å². The van der Waals surface area contributed by atoms with Crippen molar-refractivity contribution >= 4 is 59.8 Å². The van der Waals surface area contributed by atoms with Gasteiger partial charge in [0, 0.05) is 33.9 Å². The van der Waals surface area contributed by atoms with Crippen LogP contribution in [-0.4, -0.2) is 49.9 Å². The van der Waals surface area contributed by atoms with Crippen LogP contribution >= 0.6 is 15.9 Å². The molecule has 0 spiro atoms. The predicted octanol–water partition coefficient (Wildman–Crippen LogP) is 13.7. The van der Waals surface area contributed by atoms with Crippen molar-refractivity contribution in [1.82, 2.24) is 49.9 Å². The van der Waals surface area contributed by atoms with E-state index in [1.165, 1.54) is 22.3 Å². The summed E-state index contributed by atoms with van der Waals surface area (Å²) in [5.74, 6) is 1.55. The van der Waals surface area contributed by atoms with E-state index in [1.54, 1.807) is 0 Å². The Kier molecular flexibility index (Phi) is 10.9. The Balaban J connectivity index is 0.000000137. The minimum Gasteiger partial charge on any atom is -0.291 e. The fraction of sp³-hybridized carbons (Fsp3) is 0.0172. The molecule has 0 saturated carbocycles. The molecule has 0 aliphatic heterocycles. The van der Waals surface area contributed by atoms with Crippen LogP contribution < -0.4 is 0 Å². The van der Waals surface area contributed by atoms with Crippen molar-refractivity contribution < 1.29 is 0 Å². The maximum atomic E-state index is 5.10. The molecule has 14 rings (SSSR count). The van der Waals surface area contributed by atoms with Crippen molar-refractivity contribution in [1.29, 1.82) is 0 Å². The lowest BCUT2D eigenvalue weighted by Gasteiger charge is -2.09. The van der Waals surface area contributed by atoms with Crippen LogP contribution in [0.2, 0.25) is 0 Å². The fourth-order valence-corrected chi connectivity index (χ4v) is 9.52. The molecule has 0 bridgehead atoms. The third-order valence-corrected chi connectivity index (χ3v) is 12.8. The van der Waals surface area contributed by atoms with Crippen molar-refractivity contribution in [3.8, 4) is 56.5 Å². The first-order valence-corrected chi connectivity index (χ1v) is 23.4. The molecule has 7 aromatic carbocycles. The number of para-hydroxylation sites is 1. The van der Waals surface area contributed by atoms with Gasteiger partial charge in [-0.2, -0.15) is 20.1 Å². The Labute approximate surface area is 404 Å². The lowest BCUT2D eigenvalue weighted by molar-refractivity contribution is 0.802. The second kappa shape index (κ2) is 18.0. The maximum absolute atomic E-state index is 5.10. The van der Waals surface area contributed by atoms with Gasteiger partial charge in [-0.3, -0.25) is 4.57 Å². The van der Waals surface area contributed by atoms with Crippen LogP contribution in [0.4, 0.5) is 0 Å². The van der Waals surface area contributed by atoms with Gasteiger partial charge < -0.3 is 0 Å². The Morgan fingerprint density at radius 1 is 0.435 bits per heavy atom. The smallest absolute Gasteiger partial charge is 0.156 e. The molecule has 1 aliphatic carbocycles. The monoisotopic (exact) mass is 954 g/mol. The van der Waals surface area contributed by atoms with Crippen LogP contribution in [-0.2, 0) is 6.42 Å². The lowest BCUT2D eigenvalue weighted by Crippen LogP contribution is -2.01. The van der Waals surface area contributed by atoms with E-state index in [2.05, 4.69) is 155 Å². The number of aromatic nitrogens is 10. The number of halogens is 1. The summed E-state index contributed by atoms with van der Waals surface area (Å²) in [5.41, 5.74) is 17.1. The van der Waals surface area contributed by atoms with Crippen molar-refractivity contribution in [2.24, 2.45) is 0 Å². The average molecular weight is 956 g/mol. The summed E-state index contributed by atoms with van der Waals surface area (Å²) in [6.07, 6.45) is 0.968. The van der Waals surface area contributed by atoms with Gasteiger partial charge >= 0.3 is 0 Å². The number of H-pyrrole nitrogens is 1. The summed E-state index contributed by atoms with van der Waals surface area (Å²) in [6, 6.07) is 73.9. The topological polar surface area (TPSA) is 116 Å². The standard InChI is InChI=1S/C34H22N6.C13H9N3.C11H8BrN/c1-3-11-23(12-4-1)27-16-9-19-31(35-27)39-29-18-8-7-15-25(29)26-21-22-30-33(34(26)39)37-38-40(30)32-20-10-17-28(36-32)24-13-5-2-6-14-24;1-2-4-9-8(3-1)7-11-10(9)5-6-12-13(11)15-16-14-12;12-11-8-4-7-10(13-11)9-5-2-1-3-6-9/h1-22H;1-6H,7H2,(H,14,15,16);1-8H. The number of fused-ring (bicyclic) bond motifs is 10. The molecule has 0 fully saturated rings. The molecular weight excluding hydrogens is 917 g/mol. The average Bonchev–Trinajstić information content (AvgIpc) is 4.23. The Morgan fingerprint density at radius 2 is 1.04 bits per heavy atom. The summed E-state index contributed by atoms with van der Waals surface area (Å²) in [4.78, 5) is 14.4. The number of hydrogen-bond donors (Lipinski definition) is 1. The van der Waals surface area contributed by atoms with E-state index in [1.807, 2.05) is 114 Å². The first-order chi connectivity index (χ1) is 34.1. The zero-order chi connectivity index (χ0) is 46.1. The van der Waals surface area contributed by atoms with Crippen LogP contribution in [0.25, 0.3) is 100 Å². The van der Waals surface area contributed by atoms with Crippen molar-refractivity contribution in [2.45, 2.75) is 6.42 Å². The van der Waals surface area contributed by atoms with Crippen molar-refractivity contribution in [3.63, 3.8) is 0 Å². The number of rotatable bonds is 5. The highest BCUT2D eigenvalue weighted by atomic mass is 79.9. The SMILES string of the molecule is Brc1cccc(-c2ccccc2)n1.c1ccc(-c2cccc(-n3nnc4c3ccc3c5ccccc5n(-c5cccc(-c6ccccc6)n5)c34)n2)cc1.c1ccc2c(c1)Cc1c-2ccc2n[nH]nc12. The summed E-state index contributed by atoms with van der Waals surface area (Å²) in [7, 11) is 0. The summed E-state index contributed by atoms with van der Waals surface area (Å²) < 4.78 is 4.89. The fourth-order valence-electron chi connectivity index (χ4n) is 9.18. The second-order valence-corrected chi connectivity index (χ2v) is 17.3. The van der Waals surface area contributed by atoms with Gasteiger partial charge in [-0.15, -0.1) is 5.10 Å².